The summed E-state index contributed by atoms with van der Waals surface area (Å²) in [5.41, 5.74) is 0.935. The number of nitrogens with zero attached hydrogens (tertiary/aromatic N) is 5. The molecule has 1 aliphatic carbocycles. The van der Waals surface area contributed by atoms with Gasteiger partial charge in [0, 0.05) is 26.1 Å². The minimum absolute atomic E-state index is 0.0306. The Labute approximate surface area is 256 Å². The minimum atomic E-state index is -4.33. The number of anilines is 1. The Morgan fingerprint density at radius 1 is 1.14 bits per heavy atom. The predicted molar refractivity (Wildman–Crippen MR) is 150 cm³/mol. The van der Waals surface area contributed by atoms with Gasteiger partial charge in [0.2, 0.25) is 24.8 Å². The highest BCUT2D eigenvalue weighted by atomic mass is 35.5. The number of nitrogens with one attached hydrogen (secondary N) is 1. The zero-order chi connectivity index (χ0) is 31.9. The first-order chi connectivity index (χ1) is 21.0. The van der Waals surface area contributed by atoms with Crippen molar-refractivity contribution >= 4 is 54.4 Å². The second kappa shape index (κ2) is 15.1. The Bertz CT molecular complexity index is 1350. The van der Waals surface area contributed by atoms with E-state index in [-0.39, 0.29) is 24.3 Å². The fraction of sp³-hybridized carbons (Fsp3) is 0.667. The van der Waals surface area contributed by atoms with E-state index in [0.29, 0.717) is 17.0 Å². The van der Waals surface area contributed by atoms with Crippen molar-refractivity contribution in [3.63, 3.8) is 0 Å². The highest BCUT2D eigenvalue weighted by molar-refractivity contribution is 7.54. The standard InChI is InChI=1S/C24H34ClN6O12P/c1-30(17(33)10-44(36,41-12-39-23(34)37-2)42-13-40-24(35)38-3)9-16-15(32)8-18(43-16)31-11-26-19-20(27-14-6-4-5-7-14)28-22(25)29-21(19)31/h11,14-16,18,32H,4-10,12-13H2,1-3H3,(H,27,28,29)/t15-,16+,18+/m0/s1. The molecule has 20 heteroatoms. The van der Waals surface area contributed by atoms with Crippen molar-refractivity contribution in [2.75, 3.05) is 52.9 Å². The average Bonchev–Trinajstić information content (AvgIpc) is 3.73. The lowest BCUT2D eigenvalue weighted by molar-refractivity contribution is -0.130. The van der Waals surface area contributed by atoms with Crippen LogP contribution in [0.1, 0.15) is 38.3 Å². The van der Waals surface area contributed by atoms with Gasteiger partial charge in [0.05, 0.1) is 26.7 Å². The molecule has 0 radical (unpaired) electrons. The number of methoxy groups -OCH3 is 2. The van der Waals surface area contributed by atoms with Gasteiger partial charge < -0.3 is 39.0 Å². The zero-order valence-electron chi connectivity index (χ0n) is 24.2. The van der Waals surface area contributed by atoms with Crippen molar-refractivity contribution in [1.29, 1.82) is 0 Å². The van der Waals surface area contributed by atoms with Gasteiger partial charge in [-0.15, -0.1) is 0 Å². The molecule has 3 atom stereocenters. The van der Waals surface area contributed by atoms with Gasteiger partial charge in [0.25, 0.3) is 0 Å². The van der Waals surface area contributed by atoms with Gasteiger partial charge in [-0.25, -0.2) is 14.6 Å². The number of fused-ring (bicyclic) bond motifs is 1. The maximum Gasteiger partial charge on any atom is 0.510 e. The van der Waals surface area contributed by atoms with Crippen LogP contribution in [0, 0.1) is 0 Å². The molecule has 0 unspecified atom stereocenters. The van der Waals surface area contributed by atoms with Gasteiger partial charge in [-0.05, 0) is 24.4 Å². The molecule has 0 spiro atoms. The van der Waals surface area contributed by atoms with Crippen LogP contribution in [-0.2, 0) is 42.1 Å². The Kier molecular flexibility index (Phi) is 11.6. The summed E-state index contributed by atoms with van der Waals surface area (Å²) in [5, 5.41) is 14.2. The quantitative estimate of drug-likeness (QED) is 0.136. The van der Waals surface area contributed by atoms with Crippen LogP contribution in [0.5, 0.6) is 0 Å². The number of carbonyl (C=O) groups is 3. The van der Waals surface area contributed by atoms with E-state index >= 15 is 0 Å². The van der Waals surface area contributed by atoms with E-state index in [1.54, 1.807) is 4.57 Å². The molecule has 18 nitrogen and oxygen atoms in total. The fourth-order valence-electron chi connectivity index (χ4n) is 4.73. The summed E-state index contributed by atoms with van der Waals surface area (Å²) >= 11 is 6.23. The van der Waals surface area contributed by atoms with E-state index in [9.17, 15) is 24.1 Å². The van der Waals surface area contributed by atoms with Gasteiger partial charge >= 0.3 is 19.9 Å². The van der Waals surface area contributed by atoms with E-state index in [2.05, 4.69) is 39.2 Å². The Morgan fingerprint density at radius 3 is 2.39 bits per heavy atom. The van der Waals surface area contributed by atoms with E-state index in [1.807, 2.05) is 0 Å². The van der Waals surface area contributed by atoms with E-state index in [4.69, 9.17) is 25.4 Å². The summed E-state index contributed by atoms with van der Waals surface area (Å²) in [6, 6.07) is 0.267. The van der Waals surface area contributed by atoms with Crippen molar-refractivity contribution in [2.24, 2.45) is 0 Å². The van der Waals surface area contributed by atoms with Crippen LogP contribution in [0.4, 0.5) is 15.4 Å². The molecule has 1 amide bonds. The molecule has 244 valence electrons. The number of likely N-dealkylation sites (N-methyl/N-ethyl adjacent to an activating group) is 1. The molecule has 1 saturated heterocycles. The highest BCUT2D eigenvalue weighted by Crippen LogP contribution is 2.48. The predicted octanol–water partition coefficient (Wildman–Crippen LogP) is 2.65. The number of aliphatic hydroxyl groups is 1. The van der Waals surface area contributed by atoms with Gasteiger partial charge in [-0.1, -0.05) is 12.8 Å². The lowest BCUT2D eigenvalue weighted by Crippen LogP contribution is -2.40. The number of rotatable bonds is 13. The normalized spacial score (nSPS) is 20.4. The summed E-state index contributed by atoms with van der Waals surface area (Å²) in [6.07, 6.45) is 0.388. The number of aromatic nitrogens is 4. The number of carbonyl (C=O) groups excluding carboxylic acids is 3. The van der Waals surface area contributed by atoms with Crippen molar-refractivity contribution in [3.05, 3.63) is 11.6 Å². The number of imidazole rings is 1. The Balaban J connectivity index is 1.39. The lowest BCUT2D eigenvalue weighted by atomic mass is 10.1. The fourth-order valence-corrected chi connectivity index (χ4v) is 6.15. The molecular weight excluding hydrogens is 631 g/mol. The molecule has 2 aliphatic rings. The van der Waals surface area contributed by atoms with Crippen molar-refractivity contribution < 1.29 is 56.8 Å². The van der Waals surface area contributed by atoms with Gasteiger partial charge in [0.1, 0.15) is 18.5 Å². The summed E-state index contributed by atoms with van der Waals surface area (Å²) in [5.74, 6) is -0.215. The van der Waals surface area contributed by atoms with Gasteiger partial charge in [-0.2, -0.15) is 9.97 Å². The molecule has 2 fully saturated rings. The third-order valence-corrected chi connectivity index (χ3v) is 8.82. The number of aliphatic hydroxyl groups excluding tert-OH is 1. The smallest absolute Gasteiger partial charge is 0.438 e. The Hall–Kier alpha value is -3.28. The van der Waals surface area contributed by atoms with Crippen LogP contribution in [0.2, 0.25) is 5.28 Å². The highest BCUT2D eigenvalue weighted by Gasteiger charge is 2.39. The topological polar surface area (TPSA) is 212 Å². The minimum Gasteiger partial charge on any atom is -0.438 e. The van der Waals surface area contributed by atoms with E-state index in [0.717, 1.165) is 44.8 Å². The van der Waals surface area contributed by atoms with Crippen molar-refractivity contribution in [2.45, 2.75) is 56.6 Å². The molecule has 44 heavy (non-hydrogen) atoms. The summed E-state index contributed by atoms with van der Waals surface area (Å²) in [4.78, 5) is 49.7. The molecule has 2 aromatic rings. The monoisotopic (exact) mass is 664 g/mol. The van der Waals surface area contributed by atoms with Crippen LogP contribution in [-0.4, -0.2) is 114 Å². The number of halogens is 1. The molecule has 2 N–H and O–H groups in total. The molecule has 3 heterocycles. The molecule has 1 saturated carbocycles. The molecule has 0 bridgehead atoms. The number of amides is 1. The first kappa shape index (κ1) is 33.6. The number of hydrogen-bond donors (Lipinski definition) is 2. The third-order valence-electron chi connectivity index (χ3n) is 7.00. The maximum absolute atomic E-state index is 13.2. The number of ether oxygens (including phenoxy) is 5. The molecular formula is C24H34ClN6O12P. The SMILES string of the molecule is COC(=O)OCOP(=O)(CC(=O)N(C)C[C@H]1O[C@@H](n2cnc3c(NC4CCCC4)nc(Cl)nc32)C[C@@H]1O)OCOC(=O)OC. The lowest BCUT2D eigenvalue weighted by Gasteiger charge is -2.25. The van der Waals surface area contributed by atoms with Crippen LogP contribution in [0.25, 0.3) is 11.2 Å². The number of hydrogen-bond acceptors (Lipinski definition) is 16. The van der Waals surface area contributed by atoms with Crippen molar-refractivity contribution in [3.8, 4) is 0 Å². The first-order valence-electron chi connectivity index (χ1n) is 13.6. The summed E-state index contributed by atoms with van der Waals surface area (Å²) in [7, 11) is -0.831. The summed E-state index contributed by atoms with van der Waals surface area (Å²) < 4.78 is 48.6. The second-order valence-electron chi connectivity index (χ2n) is 9.96. The summed E-state index contributed by atoms with van der Waals surface area (Å²) in [6.45, 7) is -1.87. The first-order valence-corrected chi connectivity index (χ1v) is 15.7. The van der Waals surface area contributed by atoms with E-state index in [1.165, 1.54) is 13.4 Å². The largest absolute Gasteiger partial charge is 0.510 e. The van der Waals surface area contributed by atoms with E-state index < -0.39 is 64.0 Å². The zero-order valence-corrected chi connectivity index (χ0v) is 25.9. The molecule has 1 aliphatic heterocycles. The third kappa shape index (κ3) is 8.67. The van der Waals surface area contributed by atoms with Gasteiger partial charge in [0.15, 0.2) is 17.0 Å². The van der Waals surface area contributed by atoms with Crippen LogP contribution in [0.15, 0.2) is 6.33 Å². The Morgan fingerprint density at radius 2 is 1.77 bits per heavy atom. The van der Waals surface area contributed by atoms with Gasteiger partial charge in [-0.3, -0.25) is 23.0 Å². The molecule has 2 aromatic heterocycles. The molecule has 0 aromatic carbocycles. The van der Waals surface area contributed by atoms with Crippen molar-refractivity contribution in [1.82, 2.24) is 24.4 Å². The van der Waals surface area contributed by atoms with Crippen LogP contribution in [0.3, 0.4) is 0 Å². The van der Waals surface area contributed by atoms with Crippen LogP contribution < -0.4 is 5.32 Å². The van der Waals surface area contributed by atoms with Crippen LogP contribution >= 0.6 is 19.2 Å². The average molecular weight is 665 g/mol. The molecule has 4 rings (SSSR count). The second-order valence-corrected chi connectivity index (χ2v) is 12.3. The maximum atomic E-state index is 13.2.